The summed E-state index contributed by atoms with van der Waals surface area (Å²) in [6.45, 7) is 8.44. The first kappa shape index (κ1) is 28.9. The Balaban J connectivity index is 1.19. The summed E-state index contributed by atoms with van der Waals surface area (Å²) < 4.78 is 31.7. The Hall–Kier alpha value is -3.61. The summed E-state index contributed by atoms with van der Waals surface area (Å²) in [5, 5.41) is 3.34. The largest absolute Gasteiger partial charge is 0.384 e. The molecule has 2 N–H and O–H groups in total. The van der Waals surface area contributed by atoms with Gasteiger partial charge in [-0.1, -0.05) is 6.07 Å². The van der Waals surface area contributed by atoms with Crippen LogP contribution in [0.4, 0.5) is 17.5 Å². The standard InChI is InChI=1S/C29H37N7O4S/c1-19-11-20(2)13-24(12-19)32-29-31-16-23-17-35(18-26(23)33-29)25-6-8-36(21(3)14-25)28(37)22-5-7-30-27(15-22)34-41(38,39)10-9-40-4/h5,7,11-13,15-16,21,25H,6,8-10,14,17-18H2,1-4H3,(H,30,34)(H,31,32,33)/t21-,25-/m1/s1. The normalized spacial score (nSPS) is 19.2. The number of fused-ring (bicyclic) bond motifs is 1. The minimum absolute atomic E-state index is 0.0212. The molecule has 5 rings (SSSR count). The molecule has 0 unspecified atom stereocenters. The smallest absolute Gasteiger partial charge is 0.254 e. The highest BCUT2D eigenvalue weighted by molar-refractivity contribution is 7.92. The van der Waals surface area contributed by atoms with Crippen LogP contribution in [0.15, 0.2) is 42.7 Å². The van der Waals surface area contributed by atoms with Crippen LogP contribution in [-0.2, 0) is 27.8 Å². The van der Waals surface area contributed by atoms with Gasteiger partial charge >= 0.3 is 0 Å². The molecule has 0 spiro atoms. The number of anilines is 3. The van der Waals surface area contributed by atoms with E-state index in [1.165, 1.54) is 30.5 Å². The number of benzene rings is 1. The molecule has 1 saturated heterocycles. The van der Waals surface area contributed by atoms with E-state index in [0.717, 1.165) is 42.9 Å². The van der Waals surface area contributed by atoms with E-state index < -0.39 is 10.0 Å². The van der Waals surface area contributed by atoms with E-state index in [9.17, 15) is 13.2 Å². The Morgan fingerprint density at radius 1 is 1.12 bits per heavy atom. The number of aromatic nitrogens is 3. The lowest BCUT2D eigenvalue weighted by Crippen LogP contribution is -2.50. The predicted octanol–water partition coefficient (Wildman–Crippen LogP) is 3.63. The van der Waals surface area contributed by atoms with E-state index in [2.05, 4.69) is 63.9 Å². The Bertz CT molecular complexity index is 1510. The summed E-state index contributed by atoms with van der Waals surface area (Å²) in [6.07, 6.45) is 5.04. The fraction of sp³-hybridized carbons (Fsp3) is 0.448. The van der Waals surface area contributed by atoms with E-state index >= 15 is 0 Å². The van der Waals surface area contributed by atoms with Crippen molar-refractivity contribution in [1.82, 2.24) is 24.8 Å². The van der Waals surface area contributed by atoms with Crippen LogP contribution < -0.4 is 10.0 Å². The maximum Gasteiger partial charge on any atom is 0.254 e. The Morgan fingerprint density at radius 2 is 1.90 bits per heavy atom. The second-order valence-corrected chi connectivity index (χ2v) is 12.8. The quantitative estimate of drug-likeness (QED) is 0.390. The molecule has 3 aromatic rings. The number of pyridine rings is 1. The first-order valence-electron chi connectivity index (χ1n) is 13.8. The zero-order valence-corrected chi connectivity index (χ0v) is 24.7. The van der Waals surface area contributed by atoms with Gasteiger partial charge in [-0.05, 0) is 69.0 Å². The van der Waals surface area contributed by atoms with Gasteiger partial charge < -0.3 is 15.0 Å². The van der Waals surface area contributed by atoms with Crippen molar-refractivity contribution in [3.63, 3.8) is 0 Å². The van der Waals surface area contributed by atoms with Crippen LogP contribution >= 0.6 is 0 Å². The summed E-state index contributed by atoms with van der Waals surface area (Å²) in [7, 11) is -2.18. The number of piperidine rings is 1. The fourth-order valence-corrected chi connectivity index (χ4v) is 6.56. The summed E-state index contributed by atoms with van der Waals surface area (Å²) in [5.74, 6) is 0.400. The molecule has 1 aromatic carbocycles. The molecule has 2 aliphatic heterocycles. The molecular weight excluding hydrogens is 542 g/mol. The van der Waals surface area contributed by atoms with Gasteiger partial charge in [0.05, 0.1) is 18.1 Å². The third-order valence-electron chi connectivity index (χ3n) is 7.61. The first-order chi connectivity index (χ1) is 19.6. The molecule has 0 aliphatic carbocycles. The number of aryl methyl sites for hydroxylation is 2. The van der Waals surface area contributed by atoms with Crippen LogP contribution in [0.3, 0.4) is 0 Å². The number of ether oxygens (including phenoxy) is 1. The number of likely N-dealkylation sites (tertiary alicyclic amines) is 1. The van der Waals surface area contributed by atoms with E-state index in [-0.39, 0.29) is 30.1 Å². The van der Waals surface area contributed by atoms with Gasteiger partial charge in [0.15, 0.2) is 0 Å². The molecule has 2 aliphatic rings. The highest BCUT2D eigenvalue weighted by atomic mass is 32.2. The molecule has 4 heterocycles. The summed E-state index contributed by atoms with van der Waals surface area (Å²) in [6, 6.07) is 9.75. The number of methoxy groups -OCH3 is 1. The molecule has 41 heavy (non-hydrogen) atoms. The van der Waals surface area contributed by atoms with Crippen LogP contribution in [0.25, 0.3) is 0 Å². The monoisotopic (exact) mass is 579 g/mol. The molecular formula is C29H37N7O4S. The number of carbonyl (C=O) groups is 1. The highest BCUT2D eigenvalue weighted by Gasteiger charge is 2.35. The van der Waals surface area contributed by atoms with E-state index in [1.807, 2.05) is 11.1 Å². The van der Waals surface area contributed by atoms with Gasteiger partial charge in [-0.25, -0.2) is 23.4 Å². The maximum atomic E-state index is 13.4. The summed E-state index contributed by atoms with van der Waals surface area (Å²) >= 11 is 0. The zero-order chi connectivity index (χ0) is 29.1. The van der Waals surface area contributed by atoms with Gasteiger partial charge in [0.25, 0.3) is 5.91 Å². The lowest BCUT2D eigenvalue weighted by atomic mass is 9.96. The van der Waals surface area contributed by atoms with E-state index in [1.54, 1.807) is 6.07 Å². The van der Waals surface area contributed by atoms with Crippen LogP contribution in [0, 0.1) is 13.8 Å². The van der Waals surface area contributed by atoms with Gasteiger partial charge in [-0.3, -0.25) is 14.4 Å². The number of amides is 1. The minimum Gasteiger partial charge on any atom is -0.384 e. The third kappa shape index (κ3) is 7.00. The Labute approximate surface area is 241 Å². The van der Waals surface area contributed by atoms with Crippen molar-refractivity contribution in [2.75, 3.05) is 36.1 Å². The van der Waals surface area contributed by atoms with Crippen LogP contribution in [0.2, 0.25) is 0 Å². The van der Waals surface area contributed by atoms with Crippen molar-refractivity contribution in [3.8, 4) is 0 Å². The minimum atomic E-state index is -3.62. The first-order valence-corrected chi connectivity index (χ1v) is 15.5. The number of carbonyl (C=O) groups excluding carboxylic acids is 1. The molecule has 0 bridgehead atoms. The molecule has 218 valence electrons. The average Bonchev–Trinajstić information content (AvgIpc) is 3.34. The van der Waals surface area contributed by atoms with Crippen molar-refractivity contribution >= 4 is 33.4 Å². The molecule has 1 fully saturated rings. The average molecular weight is 580 g/mol. The number of nitrogens with zero attached hydrogens (tertiary/aromatic N) is 5. The summed E-state index contributed by atoms with van der Waals surface area (Å²) in [4.78, 5) is 31.1. The number of hydrogen-bond acceptors (Lipinski definition) is 9. The van der Waals surface area contributed by atoms with Gasteiger partial charge in [0, 0.05) is 68.0 Å². The highest BCUT2D eigenvalue weighted by Crippen LogP contribution is 2.31. The summed E-state index contributed by atoms with van der Waals surface area (Å²) in [5.41, 5.74) is 5.93. The molecule has 11 nitrogen and oxygen atoms in total. The molecule has 1 amide bonds. The van der Waals surface area contributed by atoms with Gasteiger partial charge in [0.2, 0.25) is 16.0 Å². The number of nitrogens with one attached hydrogen (secondary N) is 2. The molecule has 2 atom stereocenters. The topological polar surface area (TPSA) is 130 Å². The third-order valence-corrected chi connectivity index (χ3v) is 8.83. The van der Waals surface area contributed by atoms with Crippen molar-refractivity contribution in [1.29, 1.82) is 0 Å². The van der Waals surface area contributed by atoms with Crippen molar-refractivity contribution in [2.45, 2.75) is 58.8 Å². The second kappa shape index (κ2) is 12.1. The van der Waals surface area contributed by atoms with Crippen LogP contribution in [-0.4, -0.2) is 77.2 Å². The Morgan fingerprint density at radius 3 is 2.63 bits per heavy atom. The molecule has 12 heteroatoms. The van der Waals surface area contributed by atoms with Crippen LogP contribution in [0.5, 0.6) is 0 Å². The van der Waals surface area contributed by atoms with Crippen molar-refractivity contribution in [2.24, 2.45) is 0 Å². The second-order valence-electron chi connectivity index (χ2n) is 10.9. The van der Waals surface area contributed by atoms with E-state index in [0.29, 0.717) is 24.1 Å². The molecule has 0 saturated carbocycles. The molecule has 2 aromatic heterocycles. The Kier molecular flexibility index (Phi) is 8.52. The SMILES string of the molecule is COCCS(=O)(=O)Nc1cc(C(=O)N2CC[C@@H](N3Cc4cnc(Nc5cc(C)cc(C)c5)nc4C3)C[C@H]2C)ccn1. The van der Waals surface area contributed by atoms with E-state index in [4.69, 9.17) is 9.72 Å². The fourth-order valence-electron chi connectivity index (χ4n) is 5.64. The molecule has 0 radical (unpaired) electrons. The lowest BCUT2D eigenvalue weighted by molar-refractivity contribution is 0.0460. The number of rotatable bonds is 9. The van der Waals surface area contributed by atoms with Crippen molar-refractivity contribution in [3.05, 3.63) is 70.7 Å². The van der Waals surface area contributed by atoms with Gasteiger partial charge in [0.1, 0.15) is 5.82 Å². The predicted molar refractivity (Wildman–Crippen MR) is 158 cm³/mol. The van der Waals surface area contributed by atoms with Crippen molar-refractivity contribution < 1.29 is 17.9 Å². The van der Waals surface area contributed by atoms with Crippen LogP contribution in [0.1, 0.15) is 52.5 Å². The number of sulfonamides is 1. The number of hydrogen-bond donors (Lipinski definition) is 2. The maximum absolute atomic E-state index is 13.4. The zero-order valence-electron chi connectivity index (χ0n) is 23.9. The lowest BCUT2D eigenvalue weighted by Gasteiger charge is -2.41. The van der Waals surface area contributed by atoms with Gasteiger partial charge in [-0.2, -0.15) is 0 Å². The van der Waals surface area contributed by atoms with Gasteiger partial charge in [-0.15, -0.1) is 0 Å².